The van der Waals surface area contributed by atoms with Gasteiger partial charge in [0.15, 0.2) is 0 Å². The van der Waals surface area contributed by atoms with Crippen molar-refractivity contribution >= 4 is 0 Å². The van der Waals surface area contributed by atoms with Gasteiger partial charge >= 0.3 is 0 Å². The van der Waals surface area contributed by atoms with Crippen LogP contribution in [0.3, 0.4) is 0 Å². The van der Waals surface area contributed by atoms with Crippen LogP contribution in [-0.4, -0.2) is 23.1 Å². The van der Waals surface area contributed by atoms with Crippen molar-refractivity contribution < 1.29 is 0 Å². The minimum Gasteiger partial charge on any atom is -0.342 e. The zero-order chi connectivity index (χ0) is 13.9. The quantitative estimate of drug-likeness (QED) is 0.893. The van der Waals surface area contributed by atoms with E-state index in [0.717, 1.165) is 11.5 Å². The zero-order valence-electron chi connectivity index (χ0n) is 12.3. The van der Waals surface area contributed by atoms with Crippen LogP contribution in [0.2, 0.25) is 0 Å². The molecule has 1 aliphatic rings. The smallest absolute Gasteiger partial charge is 0.109 e. The fraction of sp³-hybridized carbons (Fsp3) is 0.471. The second-order valence-corrected chi connectivity index (χ2v) is 5.89. The van der Waals surface area contributed by atoms with Crippen molar-refractivity contribution in [2.75, 3.05) is 7.05 Å². The van der Waals surface area contributed by atoms with E-state index in [0.29, 0.717) is 12.0 Å². The van der Waals surface area contributed by atoms with Crippen molar-refractivity contribution in [1.29, 1.82) is 0 Å². The molecule has 0 atom stereocenters. The maximum Gasteiger partial charge on any atom is 0.109 e. The minimum atomic E-state index is 0.596. The van der Waals surface area contributed by atoms with Gasteiger partial charge in [-0.2, -0.15) is 0 Å². The molecule has 0 aliphatic heterocycles. The van der Waals surface area contributed by atoms with E-state index < -0.39 is 0 Å². The Bertz CT molecular complexity index is 565. The fourth-order valence-electron chi connectivity index (χ4n) is 3.16. The third-order valence-corrected chi connectivity index (χ3v) is 4.45. The van der Waals surface area contributed by atoms with Crippen molar-refractivity contribution in [2.45, 2.75) is 44.6 Å². The molecule has 1 aliphatic carbocycles. The number of aromatic nitrogens is 2. The summed E-state index contributed by atoms with van der Waals surface area (Å²) in [4.78, 5) is 8.15. The van der Waals surface area contributed by atoms with Gasteiger partial charge in [-0.05, 0) is 51.3 Å². The lowest BCUT2D eigenvalue weighted by molar-refractivity contribution is 0.352. The molecule has 0 radical (unpaired) electrons. The number of hydrogen-bond acceptors (Lipinski definition) is 2. The van der Waals surface area contributed by atoms with Crippen LogP contribution in [0.1, 0.15) is 43.0 Å². The molecule has 0 unspecified atom stereocenters. The van der Waals surface area contributed by atoms with E-state index in [9.17, 15) is 0 Å². The van der Waals surface area contributed by atoms with E-state index in [1.807, 2.05) is 6.20 Å². The molecule has 0 amide bonds. The number of aryl methyl sites for hydroxylation is 1. The first kappa shape index (κ1) is 13.4. The van der Waals surface area contributed by atoms with Crippen LogP contribution >= 0.6 is 0 Å². The molecule has 2 N–H and O–H groups in total. The zero-order valence-corrected chi connectivity index (χ0v) is 12.3. The van der Waals surface area contributed by atoms with Gasteiger partial charge in [0.05, 0.1) is 11.9 Å². The second-order valence-electron chi connectivity index (χ2n) is 5.89. The first-order valence-electron chi connectivity index (χ1n) is 7.55. The van der Waals surface area contributed by atoms with Gasteiger partial charge in [0.1, 0.15) is 5.82 Å². The lowest BCUT2D eigenvalue weighted by Gasteiger charge is -2.26. The van der Waals surface area contributed by atoms with Crippen molar-refractivity contribution in [3.05, 3.63) is 41.9 Å². The molecule has 106 valence electrons. The SMILES string of the molecule is CNC1CCC(c2ncc(-c3cccc(C)c3)[nH]2)CC1. The summed E-state index contributed by atoms with van der Waals surface area (Å²) in [7, 11) is 2.06. The van der Waals surface area contributed by atoms with Gasteiger partial charge in [-0.25, -0.2) is 4.98 Å². The van der Waals surface area contributed by atoms with E-state index in [1.165, 1.54) is 36.8 Å². The summed E-state index contributed by atoms with van der Waals surface area (Å²) in [6.07, 6.45) is 6.94. The highest BCUT2D eigenvalue weighted by molar-refractivity contribution is 5.59. The van der Waals surface area contributed by atoms with Gasteiger partial charge in [-0.3, -0.25) is 0 Å². The Morgan fingerprint density at radius 2 is 2.00 bits per heavy atom. The van der Waals surface area contributed by atoms with Crippen molar-refractivity contribution in [2.24, 2.45) is 0 Å². The number of nitrogens with zero attached hydrogens (tertiary/aromatic N) is 1. The molecule has 3 nitrogen and oxygen atoms in total. The predicted octanol–water partition coefficient (Wildman–Crippen LogP) is 3.63. The van der Waals surface area contributed by atoms with Gasteiger partial charge in [-0.1, -0.05) is 23.8 Å². The van der Waals surface area contributed by atoms with Gasteiger partial charge in [0.2, 0.25) is 0 Å². The number of nitrogens with one attached hydrogen (secondary N) is 2. The molecule has 3 rings (SSSR count). The molecule has 1 aromatic carbocycles. The molecule has 1 heterocycles. The Morgan fingerprint density at radius 1 is 1.20 bits per heavy atom. The molecule has 1 saturated carbocycles. The lowest BCUT2D eigenvalue weighted by atomic mass is 9.86. The van der Waals surface area contributed by atoms with Crippen molar-refractivity contribution in [3.8, 4) is 11.3 Å². The molecular formula is C17H23N3. The highest BCUT2D eigenvalue weighted by Gasteiger charge is 2.23. The predicted molar refractivity (Wildman–Crippen MR) is 82.8 cm³/mol. The van der Waals surface area contributed by atoms with Crippen LogP contribution in [0.25, 0.3) is 11.3 Å². The molecule has 0 bridgehead atoms. The number of benzene rings is 1. The molecular weight excluding hydrogens is 246 g/mol. The molecule has 0 saturated heterocycles. The van der Waals surface area contributed by atoms with Crippen LogP contribution in [0.4, 0.5) is 0 Å². The number of aromatic amines is 1. The Balaban J connectivity index is 1.74. The van der Waals surface area contributed by atoms with Crippen LogP contribution < -0.4 is 5.32 Å². The Hall–Kier alpha value is -1.61. The normalized spacial score (nSPS) is 22.9. The van der Waals surface area contributed by atoms with Gasteiger partial charge in [-0.15, -0.1) is 0 Å². The Kier molecular flexibility index (Phi) is 3.88. The third kappa shape index (κ3) is 2.78. The van der Waals surface area contributed by atoms with E-state index in [4.69, 9.17) is 0 Å². The standard InChI is InChI=1S/C17H23N3/c1-12-4-3-5-14(10-12)16-11-19-17(20-16)13-6-8-15(18-2)9-7-13/h3-5,10-11,13,15,18H,6-9H2,1-2H3,(H,19,20). The Labute approximate surface area is 120 Å². The topological polar surface area (TPSA) is 40.7 Å². The van der Waals surface area contributed by atoms with E-state index in [1.54, 1.807) is 0 Å². The van der Waals surface area contributed by atoms with E-state index in [-0.39, 0.29) is 0 Å². The highest BCUT2D eigenvalue weighted by atomic mass is 14.9. The number of hydrogen-bond donors (Lipinski definition) is 2. The average Bonchev–Trinajstić information content (AvgIpc) is 2.97. The van der Waals surface area contributed by atoms with Crippen LogP contribution in [0.5, 0.6) is 0 Å². The van der Waals surface area contributed by atoms with Gasteiger partial charge in [0.25, 0.3) is 0 Å². The van der Waals surface area contributed by atoms with Gasteiger partial charge < -0.3 is 10.3 Å². The lowest BCUT2D eigenvalue weighted by Crippen LogP contribution is -2.29. The monoisotopic (exact) mass is 269 g/mol. The molecule has 3 heteroatoms. The second kappa shape index (κ2) is 5.80. The highest BCUT2D eigenvalue weighted by Crippen LogP contribution is 2.32. The summed E-state index contributed by atoms with van der Waals surface area (Å²) < 4.78 is 0. The summed E-state index contributed by atoms with van der Waals surface area (Å²) in [5, 5.41) is 3.38. The minimum absolute atomic E-state index is 0.596. The Morgan fingerprint density at radius 3 is 2.70 bits per heavy atom. The summed E-state index contributed by atoms with van der Waals surface area (Å²) in [6.45, 7) is 2.12. The maximum atomic E-state index is 4.62. The molecule has 0 spiro atoms. The van der Waals surface area contributed by atoms with E-state index in [2.05, 4.69) is 53.5 Å². The van der Waals surface area contributed by atoms with Gasteiger partial charge in [0, 0.05) is 12.0 Å². The van der Waals surface area contributed by atoms with Crippen LogP contribution in [-0.2, 0) is 0 Å². The molecule has 20 heavy (non-hydrogen) atoms. The number of rotatable bonds is 3. The van der Waals surface area contributed by atoms with Crippen molar-refractivity contribution in [3.63, 3.8) is 0 Å². The summed E-state index contributed by atoms with van der Waals surface area (Å²) >= 11 is 0. The average molecular weight is 269 g/mol. The summed E-state index contributed by atoms with van der Waals surface area (Å²) in [5.74, 6) is 1.76. The number of imidazole rings is 1. The maximum absolute atomic E-state index is 4.62. The fourth-order valence-corrected chi connectivity index (χ4v) is 3.16. The molecule has 1 aromatic heterocycles. The molecule has 2 aromatic rings. The summed E-state index contributed by atoms with van der Waals surface area (Å²) in [5.41, 5.74) is 3.65. The molecule has 1 fully saturated rings. The van der Waals surface area contributed by atoms with E-state index >= 15 is 0 Å². The van der Waals surface area contributed by atoms with Crippen LogP contribution in [0, 0.1) is 6.92 Å². The first-order valence-corrected chi connectivity index (χ1v) is 7.55. The summed E-state index contributed by atoms with van der Waals surface area (Å²) in [6, 6.07) is 9.26. The largest absolute Gasteiger partial charge is 0.342 e. The number of H-pyrrole nitrogens is 1. The van der Waals surface area contributed by atoms with Crippen LogP contribution in [0.15, 0.2) is 30.5 Å². The first-order chi connectivity index (χ1) is 9.76. The van der Waals surface area contributed by atoms with Crippen molar-refractivity contribution in [1.82, 2.24) is 15.3 Å². The third-order valence-electron chi connectivity index (χ3n) is 4.45.